The Morgan fingerprint density at radius 3 is 1.44 bits per heavy atom. The fourth-order valence-electron chi connectivity index (χ4n) is 2.07. The molecule has 2 rings (SSSR count). The SMILES string of the molecule is CC(C)(C)C([NH3+])CP(c1ccccc1)c1ccccc1.F[B-](F)(F)F. The van der Waals surface area contributed by atoms with Crippen molar-refractivity contribution in [3.8, 4) is 0 Å². The second kappa shape index (κ2) is 9.35. The molecule has 2 aromatic rings. The molecule has 7 heteroatoms. The second-order valence-electron chi connectivity index (χ2n) is 6.84. The molecule has 25 heavy (non-hydrogen) atoms. The molecule has 1 unspecified atom stereocenters. The highest BCUT2D eigenvalue weighted by atomic mass is 31.1. The van der Waals surface area contributed by atoms with E-state index in [4.69, 9.17) is 0 Å². The Labute approximate surface area is 148 Å². The monoisotopic (exact) mass is 373 g/mol. The molecule has 0 radical (unpaired) electrons. The average Bonchev–Trinajstić information content (AvgIpc) is 2.51. The van der Waals surface area contributed by atoms with Crippen molar-refractivity contribution < 1.29 is 23.0 Å². The normalized spacial score (nSPS) is 13.2. The molecule has 0 heterocycles. The van der Waals surface area contributed by atoms with Crippen LogP contribution in [-0.2, 0) is 0 Å². The van der Waals surface area contributed by atoms with Gasteiger partial charge in [0.25, 0.3) is 0 Å². The van der Waals surface area contributed by atoms with Gasteiger partial charge in [-0.05, 0) is 18.5 Å². The van der Waals surface area contributed by atoms with Gasteiger partial charge in [0.2, 0.25) is 0 Å². The third-order valence-corrected chi connectivity index (χ3v) is 6.41. The lowest BCUT2D eigenvalue weighted by Crippen LogP contribution is -2.68. The van der Waals surface area contributed by atoms with Gasteiger partial charge in [0.05, 0.1) is 6.04 Å². The molecule has 0 fully saturated rings. The molecule has 2 aromatic carbocycles. The van der Waals surface area contributed by atoms with Crippen molar-refractivity contribution in [3.63, 3.8) is 0 Å². The van der Waals surface area contributed by atoms with Gasteiger partial charge in [-0.25, -0.2) is 0 Å². The van der Waals surface area contributed by atoms with Gasteiger partial charge in [0, 0.05) is 11.6 Å². The Morgan fingerprint density at radius 2 is 1.16 bits per heavy atom. The Hall–Kier alpha value is -1.39. The summed E-state index contributed by atoms with van der Waals surface area (Å²) >= 11 is 0. The molecular formula is C18H25BF4NP. The zero-order valence-electron chi connectivity index (χ0n) is 14.8. The van der Waals surface area contributed by atoms with Crippen molar-refractivity contribution >= 4 is 25.8 Å². The lowest BCUT2D eigenvalue weighted by atomic mass is 9.89. The van der Waals surface area contributed by atoms with Crippen LogP contribution in [-0.4, -0.2) is 19.5 Å². The largest absolute Gasteiger partial charge is 0.673 e. The molecule has 0 bridgehead atoms. The van der Waals surface area contributed by atoms with Crippen molar-refractivity contribution in [1.82, 2.24) is 0 Å². The maximum absolute atomic E-state index is 9.75. The second-order valence-corrected chi connectivity index (χ2v) is 9.09. The van der Waals surface area contributed by atoms with E-state index in [-0.39, 0.29) is 13.3 Å². The van der Waals surface area contributed by atoms with Gasteiger partial charge in [0.1, 0.15) is 0 Å². The predicted molar refractivity (Wildman–Crippen MR) is 100 cm³/mol. The van der Waals surface area contributed by atoms with Crippen molar-refractivity contribution in [1.29, 1.82) is 0 Å². The van der Waals surface area contributed by atoms with Crippen LogP contribution in [0, 0.1) is 5.41 Å². The summed E-state index contributed by atoms with van der Waals surface area (Å²) in [4.78, 5) is 0. The van der Waals surface area contributed by atoms with Gasteiger partial charge in [-0.2, -0.15) is 0 Å². The minimum atomic E-state index is -6.00. The molecule has 0 aliphatic heterocycles. The first-order valence-electron chi connectivity index (χ1n) is 8.06. The van der Waals surface area contributed by atoms with Gasteiger partial charge in [-0.1, -0.05) is 81.4 Å². The minimum Gasteiger partial charge on any atom is -0.418 e. The number of quaternary nitrogens is 1. The van der Waals surface area contributed by atoms with E-state index in [1.54, 1.807) is 0 Å². The smallest absolute Gasteiger partial charge is 0.418 e. The van der Waals surface area contributed by atoms with Crippen LogP contribution in [0.25, 0.3) is 0 Å². The van der Waals surface area contributed by atoms with Crippen LogP contribution in [0.4, 0.5) is 17.3 Å². The highest BCUT2D eigenvalue weighted by Gasteiger charge is 2.28. The Balaban J connectivity index is 0.000000550. The third kappa shape index (κ3) is 9.03. The van der Waals surface area contributed by atoms with Gasteiger partial charge >= 0.3 is 7.25 Å². The molecule has 3 N–H and O–H groups in total. The highest BCUT2D eigenvalue weighted by molar-refractivity contribution is 7.73. The van der Waals surface area contributed by atoms with E-state index in [9.17, 15) is 17.3 Å². The summed E-state index contributed by atoms with van der Waals surface area (Å²) in [5, 5.41) is 2.90. The molecule has 138 valence electrons. The summed E-state index contributed by atoms with van der Waals surface area (Å²) in [6, 6.07) is 22.2. The average molecular weight is 373 g/mol. The number of hydrogen-bond acceptors (Lipinski definition) is 0. The summed E-state index contributed by atoms with van der Waals surface area (Å²) in [5.74, 6) is 0. The molecule has 1 nitrogen and oxygen atoms in total. The minimum absolute atomic E-state index is 0.254. The third-order valence-electron chi connectivity index (χ3n) is 3.76. The van der Waals surface area contributed by atoms with E-state index < -0.39 is 7.25 Å². The molecule has 0 spiro atoms. The maximum atomic E-state index is 9.75. The van der Waals surface area contributed by atoms with Gasteiger partial charge in [-0.3, -0.25) is 0 Å². The van der Waals surface area contributed by atoms with Gasteiger partial charge in [0.15, 0.2) is 0 Å². The topological polar surface area (TPSA) is 27.6 Å². The summed E-state index contributed by atoms with van der Waals surface area (Å²) in [6.45, 7) is 6.86. The molecule has 0 aliphatic carbocycles. The Bertz CT molecular complexity index is 569. The van der Waals surface area contributed by atoms with Crippen LogP contribution in [0.1, 0.15) is 20.8 Å². The van der Waals surface area contributed by atoms with Gasteiger partial charge in [-0.15, -0.1) is 0 Å². The lowest BCUT2D eigenvalue weighted by Gasteiger charge is -2.28. The van der Waals surface area contributed by atoms with E-state index in [0.717, 1.165) is 6.16 Å². The van der Waals surface area contributed by atoms with Crippen molar-refractivity contribution in [2.75, 3.05) is 6.16 Å². The molecule has 0 saturated heterocycles. The van der Waals surface area contributed by atoms with Crippen LogP contribution < -0.4 is 16.3 Å². The van der Waals surface area contributed by atoms with E-state index >= 15 is 0 Å². The fraction of sp³-hybridized carbons (Fsp3) is 0.333. The molecular weight excluding hydrogens is 348 g/mol. The maximum Gasteiger partial charge on any atom is 0.673 e. The Morgan fingerprint density at radius 1 is 0.840 bits per heavy atom. The predicted octanol–water partition coefficient (Wildman–Crippen LogP) is 4.08. The van der Waals surface area contributed by atoms with E-state index in [1.165, 1.54) is 10.6 Å². The lowest BCUT2D eigenvalue weighted by molar-refractivity contribution is -0.435. The van der Waals surface area contributed by atoms with E-state index in [2.05, 4.69) is 87.2 Å². The zero-order chi connectivity index (χ0) is 19.1. The summed E-state index contributed by atoms with van der Waals surface area (Å²) in [6.07, 6.45) is 1.15. The van der Waals surface area contributed by atoms with Crippen molar-refractivity contribution in [2.45, 2.75) is 26.8 Å². The standard InChI is InChI=1S/C18H24NP.BF4/c1-18(2,3)17(19)14-20(15-10-6-4-7-11-15)16-12-8-5-9-13-16;2-1(3,4)5/h4-13,17H,14,19H2,1-3H3;/q;-1/p+1. The van der Waals surface area contributed by atoms with Crippen LogP contribution in [0.3, 0.4) is 0 Å². The molecule has 0 amide bonds. The van der Waals surface area contributed by atoms with E-state index in [1.807, 2.05) is 0 Å². The molecule has 0 saturated carbocycles. The van der Waals surface area contributed by atoms with Crippen molar-refractivity contribution in [3.05, 3.63) is 60.7 Å². The molecule has 0 aliphatic rings. The van der Waals surface area contributed by atoms with Crippen molar-refractivity contribution in [2.24, 2.45) is 5.41 Å². The number of benzene rings is 2. The van der Waals surface area contributed by atoms with Gasteiger partial charge < -0.3 is 23.0 Å². The molecule has 1 atom stereocenters. The highest BCUT2D eigenvalue weighted by Crippen LogP contribution is 2.36. The summed E-state index contributed by atoms with van der Waals surface area (Å²) in [7, 11) is -6.32. The van der Waals surface area contributed by atoms with Crippen LogP contribution in [0.5, 0.6) is 0 Å². The first-order chi connectivity index (χ1) is 11.5. The number of hydrogen-bond donors (Lipinski definition) is 1. The zero-order valence-corrected chi connectivity index (χ0v) is 15.7. The molecule has 0 aromatic heterocycles. The first kappa shape index (κ1) is 21.7. The van der Waals surface area contributed by atoms with Crippen LogP contribution in [0.15, 0.2) is 60.7 Å². The van der Waals surface area contributed by atoms with Crippen LogP contribution >= 0.6 is 7.92 Å². The quantitative estimate of drug-likeness (QED) is 0.475. The number of halogens is 4. The first-order valence-corrected chi connectivity index (χ1v) is 9.59. The summed E-state index contributed by atoms with van der Waals surface area (Å²) < 4.78 is 39.0. The van der Waals surface area contributed by atoms with Crippen LogP contribution in [0.2, 0.25) is 0 Å². The Kier molecular flexibility index (Phi) is 8.10. The number of rotatable bonds is 4. The summed E-state index contributed by atoms with van der Waals surface area (Å²) in [5.41, 5.74) is 4.67. The van der Waals surface area contributed by atoms with E-state index in [0.29, 0.717) is 6.04 Å². The fourth-order valence-corrected chi connectivity index (χ4v) is 4.84.